The van der Waals surface area contributed by atoms with Crippen LogP contribution in [0, 0.1) is 0 Å². The molecule has 0 saturated carbocycles. The number of halogens is 2. The van der Waals surface area contributed by atoms with Crippen molar-refractivity contribution in [3.63, 3.8) is 0 Å². The maximum Gasteiger partial charge on any atom is 0.155 e. The van der Waals surface area contributed by atoms with Crippen LogP contribution in [0.2, 0.25) is 5.02 Å². The highest BCUT2D eigenvalue weighted by Crippen LogP contribution is 2.26. The van der Waals surface area contributed by atoms with Crippen LogP contribution < -0.4 is 0 Å². The van der Waals surface area contributed by atoms with E-state index in [9.17, 15) is 4.79 Å². The maximum absolute atomic E-state index is 11.1. The second-order valence-corrected chi connectivity index (χ2v) is 4.97. The molecule has 0 fully saturated rings. The molecule has 2 rings (SSSR count). The minimum atomic E-state index is 0.239. The molecule has 0 N–H and O–H groups in total. The Morgan fingerprint density at radius 1 is 1.33 bits per heavy atom. The molecule has 1 aromatic rings. The molecule has 0 heterocycles. The first-order valence-electron chi connectivity index (χ1n) is 4.81. The lowest BCUT2D eigenvalue weighted by molar-refractivity contribution is -0.114. The van der Waals surface area contributed by atoms with E-state index in [-0.39, 0.29) is 5.78 Å². The topological polar surface area (TPSA) is 17.1 Å². The van der Waals surface area contributed by atoms with E-state index in [1.54, 1.807) is 6.08 Å². The van der Waals surface area contributed by atoms with Gasteiger partial charge in [-0.3, -0.25) is 4.79 Å². The minimum absolute atomic E-state index is 0.239. The van der Waals surface area contributed by atoms with Crippen LogP contribution >= 0.6 is 27.5 Å². The molecule has 15 heavy (non-hydrogen) atoms. The first kappa shape index (κ1) is 10.9. The number of ketones is 1. The predicted octanol–water partition coefficient (Wildman–Crippen LogP) is 3.93. The Morgan fingerprint density at radius 2 is 2.13 bits per heavy atom. The summed E-state index contributed by atoms with van der Waals surface area (Å²) in [5, 5.41) is 0.734. The Hall–Kier alpha value is -0.600. The smallest absolute Gasteiger partial charge is 0.155 e. The van der Waals surface area contributed by atoms with Crippen LogP contribution in [0.4, 0.5) is 0 Å². The number of benzene rings is 1. The molecule has 3 heteroatoms. The molecule has 0 atom stereocenters. The molecule has 0 radical (unpaired) electrons. The summed E-state index contributed by atoms with van der Waals surface area (Å²) in [6.45, 7) is 0. The van der Waals surface area contributed by atoms with Gasteiger partial charge in [-0.15, -0.1) is 0 Å². The van der Waals surface area contributed by atoms with Gasteiger partial charge in [0.1, 0.15) is 0 Å². The van der Waals surface area contributed by atoms with Crippen LogP contribution in [0.15, 0.2) is 34.3 Å². The van der Waals surface area contributed by atoms with Crippen LogP contribution in [0.1, 0.15) is 18.4 Å². The Kier molecular flexibility index (Phi) is 3.27. The van der Waals surface area contributed by atoms with Crippen molar-refractivity contribution < 1.29 is 4.79 Å². The highest BCUT2D eigenvalue weighted by Gasteiger charge is 2.13. The molecule has 0 unspecified atom stereocenters. The fourth-order valence-corrected chi connectivity index (χ4v) is 2.30. The van der Waals surface area contributed by atoms with Crippen LogP contribution in [-0.2, 0) is 11.2 Å². The van der Waals surface area contributed by atoms with Gasteiger partial charge in [0.15, 0.2) is 5.78 Å². The average molecular weight is 286 g/mol. The standard InChI is InChI=1S/C12H10BrClO/c13-12-4-2-10(14)7-9(12)5-8-1-3-11(15)6-8/h2,4,6-7H,1,3,5H2. The van der Waals surface area contributed by atoms with Gasteiger partial charge in [-0.1, -0.05) is 33.1 Å². The molecule has 1 aliphatic rings. The van der Waals surface area contributed by atoms with Crippen LogP contribution in [0.25, 0.3) is 0 Å². The molecule has 0 aliphatic heterocycles. The quantitative estimate of drug-likeness (QED) is 0.804. The summed E-state index contributed by atoms with van der Waals surface area (Å²) in [6, 6.07) is 5.73. The van der Waals surface area contributed by atoms with E-state index >= 15 is 0 Å². The zero-order valence-electron chi connectivity index (χ0n) is 8.09. The van der Waals surface area contributed by atoms with Gasteiger partial charge in [-0.2, -0.15) is 0 Å². The predicted molar refractivity (Wildman–Crippen MR) is 65.2 cm³/mol. The second-order valence-electron chi connectivity index (χ2n) is 3.68. The monoisotopic (exact) mass is 284 g/mol. The van der Waals surface area contributed by atoms with Crippen molar-refractivity contribution in [3.05, 3.63) is 44.9 Å². The Balaban J connectivity index is 2.20. The largest absolute Gasteiger partial charge is 0.295 e. The van der Waals surface area contributed by atoms with Gasteiger partial charge in [-0.05, 0) is 42.7 Å². The van der Waals surface area contributed by atoms with Crippen LogP contribution in [0.5, 0.6) is 0 Å². The zero-order chi connectivity index (χ0) is 10.8. The second kappa shape index (κ2) is 4.50. The molecule has 1 aliphatic carbocycles. The Morgan fingerprint density at radius 3 is 2.80 bits per heavy atom. The van der Waals surface area contributed by atoms with Gasteiger partial charge >= 0.3 is 0 Å². The van der Waals surface area contributed by atoms with E-state index in [0.717, 1.165) is 27.9 Å². The molecule has 1 aromatic carbocycles. The fraction of sp³-hybridized carbons (Fsp3) is 0.250. The third kappa shape index (κ3) is 2.70. The highest BCUT2D eigenvalue weighted by atomic mass is 79.9. The molecular formula is C12H10BrClO. The van der Waals surface area contributed by atoms with E-state index < -0.39 is 0 Å². The van der Waals surface area contributed by atoms with E-state index in [1.165, 1.54) is 5.57 Å². The summed E-state index contributed by atoms with van der Waals surface area (Å²) < 4.78 is 1.05. The molecule has 1 nitrogen and oxygen atoms in total. The number of hydrogen-bond donors (Lipinski definition) is 0. The molecule has 0 aromatic heterocycles. The highest BCUT2D eigenvalue weighted by molar-refractivity contribution is 9.10. The third-order valence-corrected chi connectivity index (χ3v) is 3.49. The number of allylic oxidation sites excluding steroid dienone is 2. The normalized spacial score (nSPS) is 15.6. The molecule has 0 saturated heterocycles. The lowest BCUT2D eigenvalue weighted by Gasteiger charge is -2.05. The van der Waals surface area contributed by atoms with Crippen molar-refractivity contribution in [1.29, 1.82) is 0 Å². The van der Waals surface area contributed by atoms with Crippen LogP contribution in [0.3, 0.4) is 0 Å². The van der Waals surface area contributed by atoms with E-state index in [2.05, 4.69) is 15.9 Å². The lowest BCUT2D eigenvalue weighted by Crippen LogP contribution is -1.89. The van der Waals surface area contributed by atoms with Crippen molar-refractivity contribution in [2.24, 2.45) is 0 Å². The van der Waals surface area contributed by atoms with Crippen molar-refractivity contribution in [2.45, 2.75) is 19.3 Å². The Labute approximate surface area is 102 Å². The third-order valence-electron chi connectivity index (χ3n) is 2.48. The van der Waals surface area contributed by atoms with Gasteiger partial charge in [0.05, 0.1) is 0 Å². The molecular weight excluding hydrogens is 275 g/mol. The summed E-state index contributed by atoms with van der Waals surface area (Å²) in [5.41, 5.74) is 2.34. The van der Waals surface area contributed by atoms with E-state index in [0.29, 0.717) is 6.42 Å². The summed E-state index contributed by atoms with van der Waals surface area (Å²) >= 11 is 9.41. The first-order valence-corrected chi connectivity index (χ1v) is 5.98. The number of carbonyl (C=O) groups excluding carboxylic acids is 1. The number of carbonyl (C=O) groups is 1. The maximum atomic E-state index is 11.1. The van der Waals surface area contributed by atoms with Gasteiger partial charge in [0.2, 0.25) is 0 Å². The average Bonchev–Trinajstić information content (AvgIpc) is 2.58. The number of hydrogen-bond acceptors (Lipinski definition) is 1. The summed E-state index contributed by atoms with van der Waals surface area (Å²) in [5.74, 6) is 0.239. The minimum Gasteiger partial charge on any atom is -0.295 e. The molecule has 0 spiro atoms. The Bertz CT molecular complexity index is 437. The summed E-state index contributed by atoms with van der Waals surface area (Å²) in [4.78, 5) is 11.1. The van der Waals surface area contributed by atoms with Crippen molar-refractivity contribution in [1.82, 2.24) is 0 Å². The lowest BCUT2D eigenvalue weighted by atomic mass is 10.1. The van der Waals surface area contributed by atoms with Crippen molar-refractivity contribution in [3.8, 4) is 0 Å². The molecule has 0 bridgehead atoms. The summed E-state index contributed by atoms with van der Waals surface area (Å²) in [6.07, 6.45) is 4.12. The summed E-state index contributed by atoms with van der Waals surface area (Å²) in [7, 11) is 0. The fourth-order valence-electron chi connectivity index (χ4n) is 1.72. The molecule has 78 valence electrons. The number of rotatable bonds is 2. The first-order chi connectivity index (χ1) is 7.15. The van der Waals surface area contributed by atoms with Gasteiger partial charge < -0.3 is 0 Å². The van der Waals surface area contributed by atoms with E-state index in [1.807, 2.05) is 18.2 Å². The van der Waals surface area contributed by atoms with Crippen molar-refractivity contribution >= 4 is 33.3 Å². The van der Waals surface area contributed by atoms with Gasteiger partial charge in [0.25, 0.3) is 0 Å². The van der Waals surface area contributed by atoms with Gasteiger partial charge in [0, 0.05) is 15.9 Å². The molecule has 0 amide bonds. The van der Waals surface area contributed by atoms with E-state index in [4.69, 9.17) is 11.6 Å². The van der Waals surface area contributed by atoms with Crippen molar-refractivity contribution in [2.75, 3.05) is 0 Å². The van der Waals surface area contributed by atoms with Gasteiger partial charge in [-0.25, -0.2) is 0 Å². The SMILES string of the molecule is O=C1C=C(Cc2cc(Cl)ccc2Br)CC1. The zero-order valence-corrected chi connectivity index (χ0v) is 10.4. The van der Waals surface area contributed by atoms with Crippen LogP contribution in [-0.4, -0.2) is 5.78 Å².